The SMILES string of the molecule is c1ccc(-n2c3ccccc3c3sc4cc(-c5ccc(-c6cccc7sc8c9ccccc9ccc8c67)cc5)ccc4c32)cc1. The van der Waals surface area contributed by atoms with Gasteiger partial charge < -0.3 is 4.57 Å². The van der Waals surface area contributed by atoms with Crippen LogP contribution in [0.5, 0.6) is 0 Å². The summed E-state index contributed by atoms with van der Waals surface area (Å²) in [5.41, 5.74) is 8.79. The molecule has 0 fully saturated rings. The van der Waals surface area contributed by atoms with Gasteiger partial charge in [0.05, 0.1) is 15.7 Å². The molecule has 10 rings (SSSR count). The Bertz CT molecular complexity index is 2740. The van der Waals surface area contributed by atoms with Gasteiger partial charge in [-0.1, -0.05) is 121 Å². The summed E-state index contributed by atoms with van der Waals surface area (Å²) in [6.07, 6.45) is 0. The smallest absolute Gasteiger partial charge is 0.0727 e. The second-order valence-electron chi connectivity index (χ2n) is 11.7. The number of rotatable bonds is 3. The molecule has 0 N–H and O–H groups in total. The van der Waals surface area contributed by atoms with Crippen molar-refractivity contribution >= 4 is 84.8 Å². The summed E-state index contributed by atoms with van der Waals surface area (Å²) in [5.74, 6) is 0. The van der Waals surface area contributed by atoms with Gasteiger partial charge in [-0.25, -0.2) is 0 Å². The molecule has 0 unspecified atom stereocenters. The predicted molar refractivity (Wildman–Crippen MR) is 197 cm³/mol. The predicted octanol–water partition coefficient (Wildman–Crippen LogP) is 12.9. The molecule has 0 aliphatic carbocycles. The van der Waals surface area contributed by atoms with Gasteiger partial charge in [-0.15, -0.1) is 22.7 Å². The molecule has 0 spiro atoms. The summed E-state index contributed by atoms with van der Waals surface area (Å²) in [6, 6.07) is 55.7. The van der Waals surface area contributed by atoms with Gasteiger partial charge in [-0.2, -0.15) is 0 Å². The molecule has 0 saturated heterocycles. The van der Waals surface area contributed by atoms with E-state index < -0.39 is 0 Å². The number of aromatic nitrogens is 1. The van der Waals surface area contributed by atoms with Gasteiger partial charge in [-0.05, 0) is 63.4 Å². The highest BCUT2D eigenvalue weighted by Gasteiger charge is 2.18. The van der Waals surface area contributed by atoms with Gasteiger partial charge in [0.25, 0.3) is 0 Å². The van der Waals surface area contributed by atoms with Crippen LogP contribution < -0.4 is 0 Å². The number of para-hydroxylation sites is 2. The Balaban J connectivity index is 1.09. The maximum Gasteiger partial charge on any atom is 0.0727 e. The van der Waals surface area contributed by atoms with E-state index in [9.17, 15) is 0 Å². The summed E-state index contributed by atoms with van der Waals surface area (Å²) >= 11 is 3.80. The first-order valence-corrected chi connectivity index (χ1v) is 16.9. The van der Waals surface area contributed by atoms with E-state index >= 15 is 0 Å². The molecule has 1 nitrogen and oxygen atoms in total. The summed E-state index contributed by atoms with van der Waals surface area (Å²) in [4.78, 5) is 0. The molecule has 210 valence electrons. The van der Waals surface area contributed by atoms with Gasteiger partial charge in [0.1, 0.15) is 0 Å². The second-order valence-corrected chi connectivity index (χ2v) is 13.8. The zero-order valence-corrected chi connectivity index (χ0v) is 25.8. The molecule has 0 amide bonds. The largest absolute Gasteiger partial charge is 0.308 e. The third kappa shape index (κ3) is 3.72. The molecule has 45 heavy (non-hydrogen) atoms. The van der Waals surface area contributed by atoms with Crippen LogP contribution in [0.2, 0.25) is 0 Å². The fourth-order valence-corrected chi connectivity index (χ4v) is 9.66. The molecule has 0 aliphatic heterocycles. The van der Waals surface area contributed by atoms with Crippen LogP contribution in [0, 0.1) is 0 Å². The van der Waals surface area contributed by atoms with E-state index in [1.807, 2.05) is 22.7 Å². The molecule has 3 heterocycles. The maximum atomic E-state index is 2.43. The van der Waals surface area contributed by atoms with Crippen molar-refractivity contribution in [2.45, 2.75) is 0 Å². The minimum absolute atomic E-state index is 1.20. The van der Waals surface area contributed by atoms with Crippen LogP contribution in [0.3, 0.4) is 0 Å². The first kappa shape index (κ1) is 25.1. The number of thiophene rings is 2. The van der Waals surface area contributed by atoms with Crippen molar-refractivity contribution in [3.63, 3.8) is 0 Å². The highest BCUT2D eigenvalue weighted by Crippen LogP contribution is 2.45. The van der Waals surface area contributed by atoms with Crippen molar-refractivity contribution in [2.24, 2.45) is 0 Å². The number of fused-ring (bicyclic) bond motifs is 10. The Hall–Kier alpha value is -5.22. The molecule has 0 radical (unpaired) electrons. The Labute approximate surface area is 267 Å². The fourth-order valence-electron chi connectivity index (χ4n) is 7.13. The Kier molecular flexibility index (Phi) is 5.39. The van der Waals surface area contributed by atoms with Crippen LogP contribution in [-0.4, -0.2) is 4.57 Å². The molecular weight excluding hydrogens is 583 g/mol. The monoisotopic (exact) mass is 607 g/mol. The first-order chi connectivity index (χ1) is 22.3. The average molecular weight is 608 g/mol. The van der Waals surface area contributed by atoms with Crippen molar-refractivity contribution in [3.05, 3.63) is 152 Å². The molecule has 0 bridgehead atoms. The van der Waals surface area contributed by atoms with Crippen LogP contribution in [0.25, 0.3) is 90.1 Å². The van der Waals surface area contributed by atoms with Crippen molar-refractivity contribution in [1.82, 2.24) is 4.57 Å². The van der Waals surface area contributed by atoms with Crippen molar-refractivity contribution in [1.29, 1.82) is 0 Å². The zero-order valence-electron chi connectivity index (χ0n) is 24.2. The van der Waals surface area contributed by atoms with Crippen molar-refractivity contribution in [3.8, 4) is 27.9 Å². The number of benzene rings is 7. The summed E-state index contributed by atoms with van der Waals surface area (Å²) in [6.45, 7) is 0. The van der Waals surface area contributed by atoms with E-state index in [0.29, 0.717) is 0 Å². The normalized spacial score (nSPS) is 12.0. The molecule has 7 aromatic carbocycles. The van der Waals surface area contributed by atoms with Crippen LogP contribution in [0.4, 0.5) is 0 Å². The molecule has 3 aromatic heterocycles. The van der Waals surface area contributed by atoms with Crippen LogP contribution in [0.15, 0.2) is 152 Å². The molecule has 0 aliphatic rings. The second kappa shape index (κ2) is 9.64. The van der Waals surface area contributed by atoms with Crippen LogP contribution in [-0.2, 0) is 0 Å². The highest BCUT2D eigenvalue weighted by atomic mass is 32.1. The van der Waals surface area contributed by atoms with Gasteiger partial charge in [0, 0.05) is 41.3 Å². The van der Waals surface area contributed by atoms with E-state index in [1.54, 1.807) is 0 Å². The minimum Gasteiger partial charge on any atom is -0.308 e. The van der Waals surface area contributed by atoms with E-state index in [0.717, 1.165) is 0 Å². The number of hydrogen-bond acceptors (Lipinski definition) is 2. The van der Waals surface area contributed by atoms with Crippen molar-refractivity contribution < 1.29 is 0 Å². The fraction of sp³-hybridized carbons (Fsp3) is 0. The number of hydrogen-bond donors (Lipinski definition) is 0. The van der Waals surface area contributed by atoms with Gasteiger partial charge in [-0.3, -0.25) is 0 Å². The summed E-state index contributed by atoms with van der Waals surface area (Å²) < 4.78 is 7.80. The molecular formula is C42H25NS2. The molecule has 0 atom stereocenters. The van der Waals surface area contributed by atoms with E-state index in [2.05, 4.69) is 156 Å². The Morgan fingerprint density at radius 2 is 1.13 bits per heavy atom. The highest BCUT2D eigenvalue weighted by molar-refractivity contribution is 7.27. The average Bonchev–Trinajstić information content (AvgIpc) is 3.77. The third-order valence-corrected chi connectivity index (χ3v) is 11.6. The maximum absolute atomic E-state index is 2.43. The van der Waals surface area contributed by atoms with Crippen LogP contribution in [0.1, 0.15) is 0 Å². The molecule has 3 heteroatoms. The lowest BCUT2D eigenvalue weighted by atomic mass is 9.96. The topological polar surface area (TPSA) is 4.93 Å². The number of nitrogens with zero attached hydrogens (tertiary/aromatic N) is 1. The lowest BCUT2D eigenvalue weighted by Gasteiger charge is -2.09. The van der Waals surface area contributed by atoms with Crippen LogP contribution >= 0.6 is 22.7 Å². The quantitative estimate of drug-likeness (QED) is 0.188. The van der Waals surface area contributed by atoms with Gasteiger partial charge in [0.15, 0.2) is 0 Å². The Morgan fingerprint density at radius 3 is 2.02 bits per heavy atom. The summed E-state index contributed by atoms with van der Waals surface area (Å²) in [7, 11) is 0. The summed E-state index contributed by atoms with van der Waals surface area (Å²) in [5, 5.41) is 7.95. The zero-order chi connectivity index (χ0) is 29.5. The third-order valence-electron chi connectivity index (χ3n) is 9.21. The van der Waals surface area contributed by atoms with E-state index in [4.69, 9.17) is 0 Å². The van der Waals surface area contributed by atoms with Gasteiger partial charge in [0.2, 0.25) is 0 Å². The van der Waals surface area contributed by atoms with E-state index in [1.165, 1.54) is 90.1 Å². The van der Waals surface area contributed by atoms with E-state index in [-0.39, 0.29) is 0 Å². The first-order valence-electron chi connectivity index (χ1n) is 15.3. The minimum atomic E-state index is 1.20. The lowest BCUT2D eigenvalue weighted by molar-refractivity contribution is 1.19. The Morgan fingerprint density at radius 1 is 0.422 bits per heavy atom. The molecule has 0 saturated carbocycles. The van der Waals surface area contributed by atoms with Gasteiger partial charge >= 0.3 is 0 Å². The lowest BCUT2D eigenvalue weighted by Crippen LogP contribution is -1.92. The standard InChI is InChI=1S/C42H25NS2/c1-2-10-30(11-3-1)43-36-15-7-6-13-33(36)42-40(43)34-23-22-29(25-38(34)45-42)26-17-19-28(20-18-26)31-14-8-16-37-39(31)35-24-21-27-9-4-5-12-32(27)41(35)44-37/h1-25H. The van der Waals surface area contributed by atoms with Crippen molar-refractivity contribution in [2.75, 3.05) is 0 Å². The molecule has 10 aromatic rings.